The van der Waals surface area contributed by atoms with Crippen molar-refractivity contribution < 1.29 is 4.74 Å². The molecule has 0 saturated carbocycles. The molecule has 0 spiro atoms. The summed E-state index contributed by atoms with van der Waals surface area (Å²) in [7, 11) is 1.78. The van der Waals surface area contributed by atoms with Gasteiger partial charge < -0.3 is 10.2 Å². The molecule has 0 aromatic heterocycles. The number of rotatable bonds is 6. The molecule has 108 valence electrons. The average molecular weight is 273 g/mol. The molecule has 20 heavy (non-hydrogen) atoms. The molecule has 0 amide bonds. The van der Waals surface area contributed by atoms with E-state index in [4.69, 9.17) is 4.74 Å². The molecule has 0 aliphatic carbocycles. The Bertz CT molecular complexity index is 515. The van der Waals surface area contributed by atoms with E-state index >= 15 is 0 Å². The topological polar surface area (TPSA) is 57.4 Å². The average Bonchev–Trinajstić information content (AvgIpc) is 2.44. The number of ether oxygens (including phenoxy) is 1. The molecule has 1 aromatic carbocycles. The van der Waals surface area contributed by atoms with Crippen LogP contribution in [0.4, 0.5) is 0 Å². The van der Waals surface area contributed by atoms with Crippen molar-refractivity contribution in [1.82, 2.24) is 5.43 Å². The summed E-state index contributed by atoms with van der Waals surface area (Å²) in [6.07, 6.45) is 1.04. The van der Waals surface area contributed by atoms with Gasteiger partial charge in [-0.1, -0.05) is 13.8 Å². The van der Waals surface area contributed by atoms with Crippen LogP contribution in [0.3, 0.4) is 0 Å². The van der Waals surface area contributed by atoms with Crippen LogP contribution in [0.15, 0.2) is 23.3 Å². The predicted octanol–water partition coefficient (Wildman–Crippen LogP) is 3.32. The molecule has 1 aromatic rings. The summed E-state index contributed by atoms with van der Waals surface area (Å²) in [6.45, 7) is 8.14. The molecule has 1 rings (SSSR count). The number of nitrogens with one attached hydrogen (secondary N) is 1. The lowest BCUT2D eigenvalue weighted by Gasteiger charge is -2.15. The van der Waals surface area contributed by atoms with E-state index in [1.54, 1.807) is 7.05 Å². The zero-order chi connectivity index (χ0) is 15.1. The third-order valence-electron chi connectivity index (χ3n) is 3.07. The number of nitriles is 1. The SMILES string of the molecule is CCC(C)/C(=N\NC)c1ccc(OC(C)C)c(C#N)c1. The summed E-state index contributed by atoms with van der Waals surface area (Å²) in [5.74, 6) is 0.949. The number of hydrogen-bond acceptors (Lipinski definition) is 4. The molecule has 0 radical (unpaired) electrons. The van der Waals surface area contributed by atoms with Crippen molar-refractivity contribution in [3.05, 3.63) is 29.3 Å². The number of hydrogen-bond donors (Lipinski definition) is 1. The zero-order valence-corrected chi connectivity index (χ0v) is 12.9. The quantitative estimate of drug-likeness (QED) is 0.639. The highest BCUT2D eigenvalue weighted by Gasteiger charge is 2.14. The van der Waals surface area contributed by atoms with Crippen LogP contribution in [0, 0.1) is 17.2 Å². The van der Waals surface area contributed by atoms with Crippen molar-refractivity contribution in [2.75, 3.05) is 7.05 Å². The van der Waals surface area contributed by atoms with Gasteiger partial charge >= 0.3 is 0 Å². The minimum atomic E-state index is 0.0490. The second-order valence-corrected chi connectivity index (χ2v) is 5.02. The highest BCUT2D eigenvalue weighted by Crippen LogP contribution is 2.23. The molecule has 4 heteroatoms. The largest absolute Gasteiger partial charge is 0.490 e. The highest BCUT2D eigenvalue weighted by atomic mass is 16.5. The minimum absolute atomic E-state index is 0.0490. The molecule has 0 fully saturated rings. The molecule has 1 N–H and O–H groups in total. The fourth-order valence-corrected chi connectivity index (χ4v) is 1.91. The van der Waals surface area contributed by atoms with Crippen LogP contribution in [0.5, 0.6) is 5.75 Å². The van der Waals surface area contributed by atoms with Gasteiger partial charge in [0.15, 0.2) is 0 Å². The lowest BCUT2D eigenvalue weighted by Crippen LogP contribution is -2.16. The molecule has 0 heterocycles. The van der Waals surface area contributed by atoms with Crippen molar-refractivity contribution >= 4 is 5.71 Å². The highest BCUT2D eigenvalue weighted by molar-refractivity contribution is 6.02. The summed E-state index contributed by atoms with van der Waals surface area (Å²) < 4.78 is 5.64. The number of hydrazone groups is 1. The summed E-state index contributed by atoms with van der Waals surface area (Å²) in [5.41, 5.74) is 5.30. The molecular formula is C16H23N3O. The van der Waals surface area contributed by atoms with Crippen LogP contribution in [-0.4, -0.2) is 18.9 Å². The Labute approximate surface area is 121 Å². The van der Waals surface area contributed by atoms with Crippen molar-refractivity contribution in [3.8, 4) is 11.8 Å². The fraction of sp³-hybridized carbons (Fsp3) is 0.500. The van der Waals surface area contributed by atoms with Gasteiger partial charge in [0.05, 0.1) is 17.4 Å². The van der Waals surface area contributed by atoms with E-state index in [1.165, 1.54) is 0 Å². The zero-order valence-electron chi connectivity index (χ0n) is 12.9. The van der Waals surface area contributed by atoms with Crippen molar-refractivity contribution in [1.29, 1.82) is 5.26 Å². The van der Waals surface area contributed by atoms with Crippen LogP contribution in [-0.2, 0) is 0 Å². The van der Waals surface area contributed by atoms with Gasteiger partial charge in [-0.25, -0.2) is 0 Å². The third-order valence-corrected chi connectivity index (χ3v) is 3.07. The lowest BCUT2D eigenvalue weighted by atomic mass is 9.95. The van der Waals surface area contributed by atoms with Gasteiger partial charge in [0.1, 0.15) is 11.8 Å². The van der Waals surface area contributed by atoms with E-state index in [0.717, 1.165) is 17.7 Å². The lowest BCUT2D eigenvalue weighted by molar-refractivity contribution is 0.241. The summed E-state index contributed by atoms with van der Waals surface area (Å²) in [5, 5.41) is 13.6. The molecule has 0 saturated heterocycles. The Morgan fingerprint density at radius 1 is 1.40 bits per heavy atom. The van der Waals surface area contributed by atoms with Gasteiger partial charge in [-0.05, 0) is 44.0 Å². The first kappa shape index (κ1) is 16.0. The van der Waals surface area contributed by atoms with Crippen LogP contribution in [0.1, 0.15) is 45.2 Å². The maximum Gasteiger partial charge on any atom is 0.137 e. The van der Waals surface area contributed by atoms with Gasteiger partial charge in [-0.2, -0.15) is 10.4 Å². The molecule has 4 nitrogen and oxygen atoms in total. The van der Waals surface area contributed by atoms with Crippen LogP contribution >= 0.6 is 0 Å². The van der Waals surface area contributed by atoms with Crippen LogP contribution in [0.25, 0.3) is 0 Å². The summed E-state index contributed by atoms with van der Waals surface area (Å²) >= 11 is 0. The molecule has 0 aliphatic rings. The molecule has 1 atom stereocenters. The maximum atomic E-state index is 9.28. The molecular weight excluding hydrogens is 250 g/mol. The standard InChI is InChI=1S/C16H23N3O/c1-6-12(4)16(19-18-5)13-7-8-15(20-11(2)3)14(9-13)10-17/h7-9,11-12,18H,6H2,1-5H3/b19-16+. The first-order chi connectivity index (χ1) is 9.53. The van der Waals surface area contributed by atoms with E-state index in [0.29, 0.717) is 17.2 Å². The Kier molecular flexibility index (Phi) is 6.05. The monoisotopic (exact) mass is 273 g/mol. The van der Waals surface area contributed by atoms with Gasteiger partial charge in [0.25, 0.3) is 0 Å². The van der Waals surface area contributed by atoms with Gasteiger partial charge in [-0.15, -0.1) is 0 Å². The molecule has 1 unspecified atom stereocenters. The smallest absolute Gasteiger partial charge is 0.137 e. The van der Waals surface area contributed by atoms with E-state index in [2.05, 4.69) is 30.4 Å². The van der Waals surface area contributed by atoms with Gasteiger partial charge in [0, 0.05) is 13.0 Å². The van der Waals surface area contributed by atoms with E-state index in [-0.39, 0.29) is 6.10 Å². The normalized spacial score (nSPS) is 12.9. The van der Waals surface area contributed by atoms with Crippen molar-refractivity contribution in [2.45, 2.75) is 40.2 Å². The van der Waals surface area contributed by atoms with E-state index in [9.17, 15) is 5.26 Å². The third kappa shape index (κ3) is 3.99. The first-order valence-corrected chi connectivity index (χ1v) is 6.98. The van der Waals surface area contributed by atoms with Gasteiger partial charge in [-0.3, -0.25) is 0 Å². The molecule has 0 aliphatic heterocycles. The van der Waals surface area contributed by atoms with Gasteiger partial charge in [0.2, 0.25) is 0 Å². The first-order valence-electron chi connectivity index (χ1n) is 6.98. The Morgan fingerprint density at radius 3 is 2.60 bits per heavy atom. The van der Waals surface area contributed by atoms with E-state index in [1.807, 2.05) is 32.0 Å². The Balaban J connectivity index is 3.20. The van der Waals surface area contributed by atoms with Crippen LogP contribution in [0.2, 0.25) is 0 Å². The minimum Gasteiger partial charge on any atom is -0.490 e. The predicted molar refractivity (Wildman–Crippen MR) is 82.0 cm³/mol. The second-order valence-electron chi connectivity index (χ2n) is 5.02. The number of benzene rings is 1. The van der Waals surface area contributed by atoms with Crippen molar-refractivity contribution in [3.63, 3.8) is 0 Å². The van der Waals surface area contributed by atoms with Crippen LogP contribution < -0.4 is 10.2 Å². The fourth-order valence-electron chi connectivity index (χ4n) is 1.91. The second kappa shape index (κ2) is 7.54. The molecule has 0 bridgehead atoms. The Hall–Kier alpha value is -2.02. The summed E-state index contributed by atoms with van der Waals surface area (Å²) in [6, 6.07) is 7.85. The number of nitrogens with zero attached hydrogens (tertiary/aromatic N) is 2. The summed E-state index contributed by atoms with van der Waals surface area (Å²) in [4.78, 5) is 0. The maximum absolute atomic E-state index is 9.28. The van der Waals surface area contributed by atoms with E-state index < -0.39 is 0 Å². The Morgan fingerprint density at radius 2 is 2.10 bits per heavy atom. The van der Waals surface area contributed by atoms with Crippen molar-refractivity contribution in [2.24, 2.45) is 11.0 Å².